The van der Waals surface area contributed by atoms with E-state index in [1.807, 2.05) is 52.3 Å². The number of carbonyl (C=O) groups is 3. The number of hydrogen-bond acceptors (Lipinski definition) is 11. The number of likely N-dealkylation sites (N-methyl/N-ethyl adjacent to an activating group) is 1. The van der Waals surface area contributed by atoms with Crippen molar-refractivity contribution in [2.75, 3.05) is 27.2 Å². The zero-order chi connectivity index (χ0) is 35.4. The zero-order valence-electron chi connectivity index (χ0n) is 30.2. The first-order valence-electron chi connectivity index (χ1n) is 17.1. The maximum absolute atomic E-state index is 13.7. The molecule has 1 amide bonds. The van der Waals surface area contributed by atoms with Gasteiger partial charge in [-0.05, 0) is 72.3 Å². The highest BCUT2D eigenvalue weighted by molar-refractivity contribution is 7.13. The Morgan fingerprint density at radius 2 is 1.85 bits per heavy atom. The van der Waals surface area contributed by atoms with Gasteiger partial charge in [-0.3, -0.25) is 14.5 Å². The Morgan fingerprint density at radius 1 is 1.15 bits per heavy atom. The molecular formula is C34H53BN6O6S. The number of aromatic nitrogens is 4. The first-order valence-corrected chi connectivity index (χ1v) is 18.0. The third kappa shape index (κ3) is 7.86. The number of cyclic esters (lactones) is 1. The highest BCUT2D eigenvalue weighted by Gasteiger charge is 2.58. The lowest BCUT2D eigenvalue weighted by atomic mass is 9.62. The highest BCUT2D eigenvalue weighted by atomic mass is 32.1. The Labute approximate surface area is 290 Å². The van der Waals surface area contributed by atoms with Crippen LogP contribution in [-0.2, 0) is 30.3 Å². The topological polar surface area (TPSA) is 129 Å². The van der Waals surface area contributed by atoms with Gasteiger partial charge in [0.25, 0.3) is 0 Å². The summed E-state index contributed by atoms with van der Waals surface area (Å²) >= 11 is 1.50. The Kier molecular flexibility index (Phi) is 12.3. The standard InChI is InChI=1S/C34H53BN6O6S/c1-10-26-34(7)29(41(32(44)47-34)16-12-11-15-40-20-25(37-38-40)30-36-14-18-48-30)24(5)39(8)17-13-21(2)19-33(6,45-9)28(35)22(3)27(42)23(4)31(43)46-26/h11-12,14,18,20-24,26,28-29H,10,13,15-17,19,35H2,1-9H3/b12-11+/t21-,22+,23-,24+,26-,28-,29-,33-,34-/m1/s1. The smallest absolute Gasteiger partial charge is 0.411 e. The summed E-state index contributed by atoms with van der Waals surface area (Å²) in [5.74, 6) is -2.01. The molecule has 48 heavy (non-hydrogen) atoms. The molecule has 2 fully saturated rings. The number of ether oxygens (including phenoxy) is 3. The number of rotatable bonds is 7. The normalized spacial score (nSPS) is 34.7. The molecule has 2 saturated heterocycles. The van der Waals surface area contributed by atoms with Crippen LogP contribution in [0.5, 0.6) is 0 Å². The molecule has 0 aromatic carbocycles. The summed E-state index contributed by atoms with van der Waals surface area (Å²) < 4.78 is 20.1. The Bertz CT molecular complexity index is 1440. The number of methoxy groups -OCH3 is 1. The lowest BCUT2D eigenvalue weighted by Crippen LogP contribution is -2.60. The summed E-state index contributed by atoms with van der Waals surface area (Å²) in [6.45, 7) is 15.1. The van der Waals surface area contributed by atoms with Gasteiger partial charge in [0.15, 0.2) is 5.60 Å². The number of fused-ring (bicyclic) bond motifs is 1. The maximum atomic E-state index is 13.7. The lowest BCUT2D eigenvalue weighted by molar-refractivity contribution is -0.171. The average molecular weight is 685 g/mol. The summed E-state index contributed by atoms with van der Waals surface area (Å²) in [6, 6.07) is -0.594. The number of ketones is 1. The summed E-state index contributed by atoms with van der Waals surface area (Å²) in [6.07, 6.45) is 8.27. The number of amides is 1. The third-order valence-electron chi connectivity index (χ3n) is 11.0. The van der Waals surface area contributed by atoms with Gasteiger partial charge in [-0.1, -0.05) is 38.1 Å². The van der Waals surface area contributed by atoms with Crippen molar-refractivity contribution in [2.45, 2.75) is 109 Å². The first-order chi connectivity index (χ1) is 22.7. The van der Waals surface area contributed by atoms with Crippen LogP contribution in [0.3, 0.4) is 0 Å². The van der Waals surface area contributed by atoms with Crippen molar-refractivity contribution < 1.29 is 28.6 Å². The molecule has 2 aromatic heterocycles. The molecule has 0 N–H and O–H groups in total. The fraction of sp³-hybridized carbons (Fsp3) is 0.706. The minimum absolute atomic E-state index is 0.122. The molecular weight excluding hydrogens is 631 g/mol. The molecule has 2 aliphatic heterocycles. The van der Waals surface area contributed by atoms with Gasteiger partial charge in [0, 0.05) is 37.2 Å². The number of Topliss-reactive ketones (excluding diaryl/α,β-unsaturated/α-hetero) is 1. The van der Waals surface area contributed by atoms with E-state index in [9.17, 15) is 14.4 Å². The van der Waals surface area contributed by atoms with Gasteiger partial charge in [0.2, 0.25) is 0 Å². The second-order valence-corrected chi connectivity index (χ2v) is 15.0. The molecule has 4 heterocycles. The van der Waals surface area contributed by atoms with E-state index in [-0.39, 0.29) is 17.6 Å². The Morgan fingerprint density at radius 3 is 2.50 bits per heavy atom. The number of hydrogen-bond donors (Lipinski definition) is 0. The third-order valence-corrected chi connectivity index (χ3v) is 11.8. The van der Waals surface area contributed by atoms with Crippen LogP contribution in [0.4, 0.5) is 4.79 Å². The van der Waals surface area contributed by atoms with E-state index >= 15 is 0 Å². The Hall–Kier alpha value is -3.10. The van der Waals surface area contributed by atoms with Gasteiger partial charge in [0.1, 0.15) is 36.4 Å². The molecule has 0 unspecified atom stereocenters. The van der Waals surface area contributed by atoms with E-state index in [0.29, 0.717) is 31.1 Å². The van der Waals surface area contributed by atoms with Crippen LogP contribution in [-0.4, -0.2) is 112 Å². The summed E-state index contributed by atoms with van der Waals surface area (Å²) in [5, 5.41) is 11.1. The van der Waals surface area contributed by atoms with Crippen LogP contribution in [0, 0.1) is 17.8 Å². The molecule has 0 spiro atoms. The van der Waals surface area contributed by atoms with Gasteiger partial charge >= 0.3 is 12.1 Å². The van der Waals surface area contributed by atoms with Crippen molar-refractivity contribution in [1.29, 1.82) is 0 Å². The molecule has 4 rings (SSSR count). The fourth-order valence-corrected chi connectivity index (χ4v) is 7.96. The van der Waals surface area contributed by atoms with Crippen LogP contribution >= 0.6 is 11.3 Å². The van der Waals surface area contributed by atoms with Gasteiger partial charge in [0.05, 0.1) is 24.4 Å². The number of allylic oxidation sites excluding steroid dienone is 1. The van der Waals surface area contributed by atoms with Gasteiger partial charge in [-0.2, -0.15) is 0 Å². The molecule has 0 radical (unpaired) electrons. The zero-order valence-corrected chi connectivity index (χ0v) is 31.0. The minimum atomic E-state index is -1.16. The molecule has 0 aliphatic carbocycles. The largest absolute Gasteiger partial charge is 0.458 e. The van der Waals surface area contributed by atoms with Crippen LogP contribution in [0.1, 0.15) is 67.7 Å². The molecule has 12 nitrogen and oxygen atoms in total. The van der Waals surface area contributed by atoms with Crippen molar-refractivity contribution >= 4 is 37.0 Å². The number of thiazole rings is 1. The molecule has 0 saturated carbocycles. The van der Waals surface area contributed by atoms with Crippen molar-refractivity contribution in [3.63, 3.8) is 0 Å². The van der Waals surface area contributed by atoms with Crippen LogP contribution < -0.4 is 0 Å². The van der Waals surface area contributed by atoms with Crippen molar-refractivity contribution in [1.82, 2.24) is 29.8 Å². The van der Waals surface area contributed by atoms with Crippen LogP contribution in [0.15, 0.2) is 29.9 Å². The number of carbonyl (C=O) groups excluding carboxylic acids is 3. The fourth-order valence-electron chi connectivity index (χ4n) is 7.37. The second kappa shape index (κ2) is 15.6. The first kappa shape index (κ1) is 37.7. The van der Waals surface area contributed by atoms with Crippen LogP contribution in [0.2, 0.25) is 5.82 Å². The van der Waals surface area contributed by atoms with E-state index in [1.54, 1.807) is 29.8 Å². The van der Waals surface area contributed by atoms with E-state index in [1.165, 1.54) is 11.3 Å². The minimum Gasteiger partial charge on any atom is -0.458 e. The SMILES string of the molecule is B[C@@H]1[C@@H](C)C(=O)[C@@H](C)C(=O)O[C@H](CC)[C@@]2(C)OC(=O)N(C/C=C/Cn3cc(-c4nccs4)nn3)[C@@H]2[C@H](C)N(C)CC[C@@H](C)C[C@@]1(C)OC. The van der Waals surface area contributed by atoms with Crippen molar-refractivity contribution in [2.24, 2.45) is 17.8 Å². The van der Waals surface area contributed by atoms with E-state index < -0.39 is 47.2 Å². The van der Waals surface area contributed by atoms with Gasteiger partial charge in [-0.15, -0.1) is 16.4 Å². The Balaban J connectivity index is 1.61. The number of nitrogens with zero attached hydrogens (tertiary/aromatic N) is 6. The highest BCUT2D eigenvalue weighted by Crippen LogP contribution is 2.41. The van der Waals surface area contributed by atoms with E-state index in [2.05, 4.69) is 48.0 Å². The molecule has 0 bridgehead atoms. The molecule has 2 aliphatic rings. The molecule has 9 atom stereocenters. The maximum Gasteiger partial charge on any atom is 0.411 e. The summed E-state index contributed by atoms with van der Waals surface area (Å²) in [7, 11) is 5.79. The number of esters is 1. The molecule has 264 valence electrons. The van der Waals surface area contributed by atoms with Gasteiger partial charge in [-0.25, -0.2) is 14.5 Å². The monoisotopic (exact) mass is 684 g/mol. The van der Waals surface area contributed by atoms with Gasteiger partial charge < -0.3 is 19.1 Å². The predicted molar refractivity (Wildman–Crippen MR) is 187 cm³/mol. The lowest BCUT2D eigenvalue weighted by Gasteiger charge is -2.44. The van der Waals surface area contributed by atoms with E-state index in [4.69, 9.17) is 14.2 Å². The molecule has 14 heteroatoms. The van der Waals surface area contributed by atoms with E-state index in [0.717, 1.165) is 24.4 Å². The van der Waals surface area contributed by atoms with Crippen molar-refractivity contribution in [3.05, 3.63) is 29.9 Å². The summed E-state index contributed by atoms with van der Waals surface area (Å²) in [4.78, 5) is 49.2. The van der Waals surface area contributed by atoms with Crippen LogP contribution in [0.25, 0.3) is 10.7 Å². The average Bonchev–Trinajstić information content (AvgIpc) is 3.82. The predicted octanol–water partition coefficient (Wildman–Crippen LogP) is 4.28. The quantitative estimate of drug-likeness (QED) is 0.181. The summed E-state index contributed by atoms with van der Waals surface area (Å²) in [5.41, 5.74) is -0.995. The van der Waals surface area contributed by atoms with Crippen molar-refractivity contribution in [3.8, 4) is 10.7 Å². The molecule has 2 aromatic rings. The second-order valence-electron chi connectivity index (χ2n) is 14.2.